The number of amides is 2. The quantitative estimate of drug-likeness (QED) is 0.452. The number of aromatic amines is 1. The largest absolute Gasteiger partial charge is 0.490 e. The number of hydrogen-bond acceptors (Lipinski definition) is 3. The number of carbonyl (C=O) groups is 1. The maximum Gasteiger partial charge on any atom is 0.319 e. The molecule has 0 spiro atoms. The molecule has 0 saturated heterocycles. The van der Waals surface area contributed by atoms with E-state index in [-0.39, 0.29) is 6.03 Å². The standard InChI is InChI=1S/C24H22N4O2/c29-24(27-19-8-7-18-10-11-25-21(18)15-19)26-16-17-6-9-22-23(14-17)30-13-12-28(22)20-4-2-1-3-5-20/h1-11,14-15,25H,12-13,16H2,(H2,26,27,29). The van der Waals surface area contributed by atoms with Crippen molar-refractivity contribution in [3.05, 3.63) is 84.6 Å². The fourth-order valence-corrected chi connectivity index (χ4v) is 3.73. The molecule has 0 atom stereocenters. The summed E-state index contributed by atoms with van der Waals surface area (Å²) in [5.41, 5.74) is 4.90. The Bertz CT molecular complexity index is 1190. The number of benzene rings is 3. The van der Waals surface area contributed by atoms with Gasteiger partial charge in [-0.2, -0.15) is 0 Å². The van der Waals surface area contributed by atoms with Crippen LogP contribution < -0.4 is 20.3 Å². The van der Waals surface area contributed by atoms with E-state index < -0.39 is 0 Å². The number of anilines is 3. The van der Waals surface area contributed by atoms with Crippen LogP contribution >= 0.6 is 0 Å². The molecule has 0 fully saturated rings. The van der Waals surface area contributed by atoms with Crippen molar-refractivity contribution in [3.63, 3.8) is 0 Å². The maximum atomic E-state index is 12.3. The maximum absolute atomic E-state index is 12.3. The van der Waals surface area contributed by atoms with Gasteiger partial charge in [-0.3, -0.25) is 0 Å². The molecule has 3 aromatic carbocycles. The van der Waals surface area contributed by atoms with E-state index in [0.29, 0.717) is 13.2 Å². The molecular formula is C24H22N4O2. The van der Waals surface area contributed by atoms with E-state index in [1.165, 1.54) is 0 Å². The lowest BCUT2D eigenvalue weighted by Crippen LogP contribution is -2.29. The minimum Gasteiger partial charge on any atom is -0.490 e. The van der Waals surface area contributed by atoms with Crippen molar-refractivity contribution in [1.29, 1.82) is 0 Å². The highest BCUT2D eigenvalue weighted by Gasteiger charge is 2.19. The fraction of sp³-hybridized carbons (Fsp3) is 0.125. The van der Waals surface area contributed by atoms with Crippen LogP contribution in [0.15, 0.2) is 79.0 Å². The molecule has 0 radical (unpaired) electrons. The highest BCUT2D eigenvalue weighted by atomic mass is 16.5. The van der Waals surface area contributed by atoms with Crippen molar-refractivity contribution < 1.29 is 9.53 Å². The van der Waals surface area contributed by atoms with Gasteiger partial charge in [0, 0.05) is 29.6 Å². The van der Waals surface area contributed by atoms with Crippen LogP contribution in [0.5, 0.6) is 5.75 Å². The number of aromatic nitrogens is 1. The van der Waals surface area contributed by atoms with Gasteiger partial charge in [0.05, 0.1) is 12.2 Å². The van der Waals surface area contributed by atoms with Crippen molar-refractivity contribution in [3.8, 4) is 5.75 Å². The summed E-state index contributed by atoms with van der Waals surface area (Å²) in [6.45, 7) is 1.85. The molecule has 30 heavy (non-hydrogen) atoms. The van der Waals surface area contributed by atoms with Gasteiger partial charge in [-0.05, 0) is 53.4 Å². The zero-order chi connectivity index (χ0) is 20.3. The zero-order valence-corrected chi connectivity index (χ0v) is 16.4. The van der Waals surface area contributed by atoms with Crippen molar-refractivity contribution in [2.45, 2.75) is 6.54 Å². The molecule has 5 rings (SSSR count). The van der Waals surface area contributed by atoms with E-state index in [9.17, 15) is 4.79 Å². The number of para-hydroxylation sites is 1. The van der Waals surface area contributed by atoms with Crippen molar-refractivity contribution >= 4 is 34.0 Å². The van der Waals surface area contributed by atoms with Crippen LogP contribution in [0.25, 0.3) is 10.9 Å². The first-order valence-corrected chi connectivity index (χ1v) is 9.96. The second-order valence-corrected chi connectivity index (χ2v) is 7.23. The molecular weight excluding hydrogens is 376 g/mol. The van der Waals surface area contributed by atoms with E-state index in [1.807, 2.05) is 60.8 Å². The number of H-pyrrole nitrogens is 1. The van der Waals surface area contributed by atoms with Crippen molar-refractivity contribution in [1.82, 2.24) is 10.3 Å². The Labute approximate surface area is 174 Å². The molecule has 0 saturated carbocycles. The Hall–Kier alpha value is -3.93. The molecule has 6 nitrogen and oxygen atoms in total. The minimum atomic E-state index is -0.245. The van der Waals surface area contributed by atoms with Gasteiger partial charge in [0.25, 0.3) is 0 Å². The number of ether oxygens (including phenoxy) is 1. The summed E-state index contributed by atoms with van der Waals surface area (Å²) < 4.78 is 5.88. The summed E-state index contributed by atoms with van der Waals surface area (Å²) in [7, 11) is 0. The third-order valence-electron chi connectivity index (χ3n) is 5.22. The van der Waals surface area contributed by atoms with Crippen LogP contribution in [0.3, 0.4) is 0 Å². The lowest BCUT2D eigenvalue weighted by molar-refractivity contribution is 0.251. The predicted octanol–water partition coefficient (Wildman–Crippen LogP) is 5.02. The number of rotatable bonds is 4. The zero-order valence-electron chi connectivity index (χ0n) is 16.4. The number of nitrogens with zero attached hydrogens (tertiary/aromatic N) is 1. The third-order valence-corrected chi connectivity index (χ3v) is 5.22. The fourth-order valence-electron chi connectivity index (χ4n) is 3.73. The average molecular weight is 398 g/mol. The minimum absolute atomic E-state index is 0.245. The molecule has 1 aromatic heterocycles. The molecule has 150 valence electrons. The lowest BCUT2D eigenvalue weighted by Gasteiger charge is -2.31. The highest BCUT2D eigenvalue weighted by molar-refractivity contribution is 5.92. The van der Waals surface area contributed by atoms with Crippen LogP contribution in [0, 0.1) is 0 Å². The molecule has 1 aliphatic heterocycles. The Kier molecular flexibility index (Phi) is 4.73. The van der Waals surface area contributed by atoms with Gasteiger partial charge >= 0.3 is 6.03 Å². The first-order chi connectivity index (χ1) is 14.8. The first-order valence-electron chi connectivity index (χ1n) is 9.96. The molecule has 3 N–H and O–H groups in total. The van der Waals surface area contributed by atoms with Crippen LogP contribution in [-0.4, -0.2) is 24.2 Å². The second-order valence-electron chi connectivity index (χ2n) is 7.23. The predicted molar refractivity (Wildman–Crippen MR) is 120 cm³/mol. The molecule has 2 heterocycles. The second kappa shape index (κ2) is 7.83. The van der Waals surface area contributed by atoms with Gasteiger partial charge in [-0.1, -0.05) is 30.3 Å². The number of carbonyl (C=O) groups excluding carboxylic acids is 1. The summed E-state index contributed by atoms with van der Waals surface area (Å²) in [5, 5.41) is 6.90. The molecule has 0 unspecified atom stereocenters. The van der Waals surface area contributed by atoms with Gasteiger partial charge < -0.3 is 25.3 Å². The van der Waals surface area contributed by atoms with E-state index >= 15 is 0 Å². The Balaban J connectivity index is 1.25. The van der Waals surface area contributed by atoms with Gasteiger partial charge in [0.2, 0.25) is 0 Å². The molecule has 1 aliphatic rings. The summed E-state index contributed by atoms with van der Waals surface area (Å²) in [6.07, 6.45) is 1.88. The number of nitrogens with one attached hydrogen (secondary N) is 3. The smallest absolute Gasteiger partial charge is 0.319 e. The molecule has 0 aliphatic carbocycles. The van der Waals surface area contributed by atoms with Gasteiger partial charge in [0.1, 0.15) is 12.4 Å². The summed E-state index contributed by atoms with van der Waals surface area (Å²) in [6, 6.07) is 23.9. The first kappa shape index (κ1) is 18.1. The normalized spacial score (nSPS) is 12.9. The van der Waals surface area contributed by atoms with E-state index in [2.05, 4.69) is 38.7 Å². The molecule has 6 heteroatoms. The SMILES string of the molecule is O=C(NCc1ccc2c(c1)OCCN2c1ccccc1)Nc1ccc2cc[nH]c2c1. The Morgan fingerprint density at radius 3 is 2.83 bits per heavy atom. The Morgan fingerprint density at radius 1 is 1.03 bits per heavy atom. The summed E-state index contributed by atoms with van der Waals surface area (Å²) in [5.74, 6) is 0.835. The van der Waals surface area contributed by atoms with Gasteiger partial charge in [-0.15, -0.1) is 0 Å². The Morgan fingerprint density at radius 2 is 1.93 bits per heavy atom. The van der Waals surface area contributed by atoms with E-state index in [0.717, 1.165) is 45.8 Å². The molecule has 4 aromatic rings. The van der Waals surface area contributed by atoms with Crippen molar-refractivity contribution in [2.24, 2.45) is 0 Å². The molecule has 0 bridgehead atoms. The van der Waals surface area contributed by atoms with Crippen LogP contribution in [-0.2, 0) is 6.54 Å². The summed E-state index contributed by atoms with van der Waals surface area (Å²) >= 11 is 0. The summed E-state index contributed by atoms with van der Waals surface area (Å²) in [4.78, 5) is 17.7. The highest BCUT2D eigenvalue weighted by Crippen LogP contribution is 2.37. The van der Waals surface area contributed by atoms with E-state index in [4.69, 9.17) is 4.74 Å². The molecule has 2 amide bonds. The lowest BCUT2D eigenvalue weighted by atomic mass is 10.1. The topological polar surface area (TPSA) is 69.4 Å². The number of fused-ring (bicyclic) bond motifs is 2. The monoisotopic (exact) mass is 398 g/mol. The van der Waals surface area contributed by atoms with Crippen LogP contribution in [0.1, 0.15) is 5.56 Å². The number of hydrogen-bond donors (Lipinski definition) is 3. The van der Waals surface area contributed by atoms with Crippen LogP contribution in [0.4, 0.5) is 21.9 Å². The third kappa shape index (κ3) is 3.67. The van der Waals surface area contributed by atoms with Gasteiger partial charge in [-0.25, -0.2) is 4.79 Å². The van der Waals surface area contributed by atoms with E-state index in [1.54, 1.807) is 0 Å². The average Bonchev–Trinajstić information content (AvgIpc) is 3.25. The van der Waals surface area contributed by atoms with Crippen molar-refractivity contribution in [2.75, 3.05) is 23.4 Å². The van der Waals surface area contributed by atoms with Crippen LogP contribution in [0.2, 0.25) is 0 Å². The van der Waals surface area contributed by atoms with Gasteiger partial charge in [0.15, 0.2) is 0 Å². The number of urea groups is 1.